The van der Waals surface area contributed by atoms with Crippen LogP contribution in [-0.4, -0.2) is 17.0 Å². The molecule has 0 heterocycles. The summed E-state index contributed by atoms with van der Waals surface area (Å²) < 4.78 is 14.0. The highest BCUT2D eigenvalue weighted by atomic mass is 19.1. The van der Waals surface area contributed by atoms with Crippen molar-refractivity contribution in [2.45, 2.75) is 32.1 Å². The van der Waals surface area contributed by atoms with Crippen LogP contribution >= 0.6 is 0 Å². The van der Waals surface area contributed by atoms with E-state index in [1.54, 1.807) is 56.3 Å². The smallest absolute Gasteiger partial charge is 0.303 e. The lowest BCUT2D eigenvalue weighted by molar-refractivity contribution is -0.137. The molecule has 0 aliphatic rings. The molecule has 0 radical (unpaired) electrons. The first-order chi connectivity index (χ1) is 11.3. The van der Waals surface area contributed by atoms with Crippen LogP contribution in [0.4, 0.5) is 10.1 Å². The Kier molecular flexibility index (Phi) is 5.34. The molecule has 126 valence electrons. The van der Waals surface area contributed by atoms with Crippen molar-refractivity contribution in [3.8, 4) is 0 Å². The van der Waals surface area contributed by atoms with Crippen molar-refractivity contribution in [1.82, 2.24) is 0 Å². The van der Waals surface area contributed by atoms with Crippen molar-refractivity contribution >= 4 is 17.6 Å². The van der Waals surface area contributed by atoms with Crippen LogP contribution in [0.25, 0.3) is 0 Å². The summed E-state index contributed by atoms with van der Waals surface area (Å²) >= 11 is 0. The Bertz CT molecular complexity index is 739. The quantitative estimate of drug-likeness (QED) is 0.848. The number of carboxylic acids is 1. The first-order valence-corrected chi connectivity index (χ1v) is 7.68. The van der Waals surface area contributed by atoms with Crippen molar-refractivity contribution in [2.75, 3.05) is 5.32 Å². The molecule has 0 atom stereocenters. The lowest BCUT2D eigenvalue weighted by atomic mass is 9.83. The molecule has 2 aromatic carbocycles. The van der Waals surface area contributed by atoms with E-state index in [0.29, 0.717) is 17.7 Å². The molecule has 0 spiro atoms. The molecular weight excluding hydrogens is 309 g/mol. The molecule has 0 bridgehead atoms. The molecule has 24 heavy (non-hydrogen) atoms. The summed E-state index contributed by atoms with van der Waals surface area (Å²) in [4.78, 5) is 23.1. The summed E-state index contributed by atoms with van der Waals surface area (Å²) in [6, 6.07) is 13.2. The predicted molar refractivity (Wildman–Crippen MR) is 90.5 cm³/mol. The number of rotatable bonds is 6. The summed E-state index contributed by atoms with van der Waals surface area (Å²) in [5, 5.41) is 11.5. The highest BCUT2D eigenvalue weighted by Crippen LogP contribution is 2.27. The average molecular weight is 329 g/mol. The molecule has 2 aromatic rings. The van der Waals surface area contributed by atoms with Crippen LogP contribution in [0, 0.1) is 5.82 Å². The van der Waals surface area contributed by atoms with Gasteiger partial charge in [0.2, 0.25) is 5.91 Å². The first-order valence-electron chi connectivity index (χ1n) is 7.68. The molecule has 0 fully saturated rings. The second-order valence-corrected chi connectivity index (χ2v) is 6.15. The van der Waals surface area contributed by atoms with Gasteiger partial charge in [0.25, 0.3) is 0 Å². The molecule has 2 rings (SSSR count). The summed E-state index contributed by atoms with van der Waals surface area (Å²) in [6.07, 6.45) is 0.496. The van der Waals surface area contributed by atoms with Gasteiger partial charge in [-0.3, -0.25) is 9.59 Å². The highest BCUT2D eigenvalue weighted by molar-refractivity contribution is 5.98. The van der Waals surface area contributed by atoms with E-state index in [4.69, 9.17) is 5.11 Å². The normalized spacial score (nSPS) is 11.1. The molecule has 2 N–H and O–H groups in total. The van der Waals surface area contributed by atoms with Gasteiger partial charge in [-0.05, 0) is 44.0 Å². The molecule has 0 unspecified atom stereocenters. The number of benzene rings is 2. The lowest BCUT2D eigenvalue weighted by Gasteiger charge is -2.24. The molecule has 5 heteroatoms. The van der Waals surface area contributed by atoms with E-state index in [2.05, 4.69) is 5.32 Å². The Labute approximate surface area is 140 Å². The molecule has 1 amide bonds. The van der Waals surface area contributed by atoms with Crippen LogP contribution in [0.2, 0.25) is 0 Å². The summed E-state index contributed by atoms with van der Waals surface area (Å²) in [5.74, 6) is -1.58. The predicted octanol–water partition coefficient (Wildman–Crippen LogP) is 3.76. The maximum Gasteiger partial charge on any atom is 0.303 e. The average Bonchev–Trinajstić information content (AvgIpc) is 2.54. The third kappa shape index (κ3) is 4.19. The highest BCUT2D eigenvalue weighted by Gasteiger charge is 2.32. The fourth-order valence-corrected chi connectivity index (χ4v) is 2.38. The zero-order chi connectivity index (χ0) is 17.7. The molecule has 0 saturated carbocycles. The zero-order valence-electron chi connectivity index (χ0n) is 13.7. The second kappa shape index (κ2) is 7.25. The van der Waals surface area contributed by atoms with E-state index in [1.807, 2.05) is 0 Å². The van der Waals surface area contributed by atoms with Crippen LogP contribution in [0.15, 0.2) is 48.5 Å². The summed E-state index contributed by atoms with van der Waals surface area (Å²) in [6.45, 7) is 3.34. The summed E-state index contributed by atoms with van der Waals surface area (Å²) in [5.41, 5.74) is 0.778. The number of anilines is 1. The number of aliphatic carboxylic acids is 1. The number of hydrogen-bond donors (Lipinski definition) is 2. The van der Waals surface area contributed by atoms with Crippen LogP contribution in [-0.2, 0) is 21.4 Å². The molecule has 0 aliphatic heterocycles. The Morgan fingerprint density at radius 2 is 1.71 bits per heavy atom. The van der Waals surface area contributed by atoms with Gasteiger partial charge in [0, 0.05) is 17.7 Å². The standard InChI is InChI=1S/C19H20FNO3/c1-19(2,15-5-3-4-6-16(15)20)18(24)21-14-10-7-13(8-11-14)9-12-17(22)23/h3-8,10-11H,9,12H2,1-2H3,(H,21,24)(H,22,23). The van der Waals surface area contributed by atoms with Gasteiger partial charge in [-0.15, -0.1) is 0 Å². The van der Waals surface area contributed by atoms with Gasteiger partial charge < -0.3 is 10.4 Å². The lowest BCUT2D eigenvalue weighted by Crippen LogP contribution is -2.35. The number of hydrogen-bond acceptors (Lipinski definition) is 2. The SMILES string of the molecule is CC(C)(C(=O)Nc1ccc(CCC(=O)O)cc1)c1ccccc1F. The van der Waals surface area contributed by atoms with Gasteiger partial charge in [0.15, 0.2) is 0 Å². The van der Waals surface area contributed by atoms with E-state index in [1.165, 1.54) is 6.07 Å². The fraction of sp³-hybridized carbons (Fsp3) is 0.263. The molecule has 0 aliphatic carbocycles. The van der Waals surface area contributed by atoms with Crippen LogP contribution in [0.5, 0.6) is 0 Å². The monoisotopic (exact) mass is 329 g/mol. The van der Waals surface area contributed by atoms with E-state index in [9.17, 15) is 14.0 Å². The van der Waals surface area contributed by atoms with Crippen LogP contribution in [0.1, 0.15) is 31.4 Å². The molecule has 4 nitrogen and oxygen atoms in total. The van der Waals surface area contributed by atoms with Crippen LogP contribution in [0.3, 0.4) is 0 Å². The second-order valence-electron chi connectivity index (χ2n) is 6.15. The first kappa shape index (κ1) is 17.7. The van der Waals surface area contributed by atoms with E-state index in [-0.39, 0.29) is 12.3 Å². The number of aryl methyl sites for hydroxylation is 1. The van der Waals surface area contributed by atoms with Crippen LogP contribution < -0.4 is 5.32 Å². The van der Waals surface area contributed by atoms with E-state index >= 15 is 0 Å². The number of amides is 1. The molecule has 0 aromatic heterocycles. The van der Waals surface area contributed by atoms with Gasteiger partial charge in [-0.25, -0.2) is 4.39 Å². The van der Waals surface area contributed by atoms with Gasteiger partial charge in [-0.2, -0.15) is 0 Å². The molecule has 0 saturated heterocycles. The van der Waals surface area contributed by atoms with Gasteiger partial charge in [0.05, 0.1) is 5.41 Å². The number of carboxylic acid groups (broad SMARTS) is 1. The number of carbonyl (C=O) groups excluding carboxylic acids is 1. The Morgan fingerprint density at radius 3 is 2.29 bits per heavy atom. The maximum absolute atomic E-state index is 14.0. The topological polar surface area (TPSA) is 66.4 Å². The minimum Gasteiger partial charge on any atom is -0.481 e. The Balaban J connectivity index is 2.08. The largest absolute Gasteiger partial charge is 0.481 e. The molecular formula is C19H20FNO3. The number of nitrogens with one attached hydrogen (secondary N) is 1. The summed E-state index contributed by atoms with van der Waals surface area (Å²) in [7, 11) is 0. The minimum atomic E-state index is -1.02. The van der Waals surface area contributed by atoms with Crippen molar-refractivity contribution in [3.05, 3.63) is 65.5 Å². The van der Waals surface area contributed by atoms with E-state index < -0.39 is 17.2 Å². The van der Waals surface area contributed by atoms with Gasteiger partial charge >= 0.3 is 5.97 Å². The Hall–Kier alpha value is -2.69. The van der Waals surface area contributed by atoms with Gasteiger partial charge in [0.1, 0.15) is 5.82 Å². The Morgan fingerprint density at radius 1 is 1.08 bits per heavy atom. The van der Waals surface area contributed by atoms with Crippen molar-refractivity contribution < 1.29 is 19.1 Å². The van der Waals surface area contributed by atoms with Gasteiger partial charge in [-0.1, -0.05) is 30.3 Å². The number of carbonyl (C=O) groups is 2. The third-order valence-electron chi connectivity index (χ3n) is 3.95. The minimum absolute atomic E-state index is 0.0615. The van der Waals surface area contributed by atoms with Crippen molar-refractivity contribution in [3.63, 3.8) is 0 Å². The van der Waals surface area contributed by atoms with Crippen molar-refractivity contribution in [1.29, 1.82) is 0 Å². The third-order valence-corrected chi connectivity index (χ3v) is 3.95. The maximum atomic E-state index is 14.0. The van der Waals surface area contributed by atoms with Crippen molar-refractivity contribution in [2.24, 2.45) is 0 Å². The fourth-order valence-electron chi connectivity index (χ4n) is 2.38. The zero-order valence-corrected chi connectivity index (χ0v) is 13.7. The van der Waals surface area contributed by atoms with E-state index in [0.717, 1.165) is 5.56 Å². The number of halogens is 1.